The minimum atomic E-state index is -2.49. The molecule has 2 aromatic rings. The minimum Gasteiger partial charge on any atom is -0.768 e. The number of anilines is 1. The highest BCUT2D eigenvalue weighted by Crippen LogP contribution is 2.52. The van der Waals surface area contributed by atoms with Crippen LogP contribution in [0, 0.1) is 7.14 Å². The van der Waals surface area contributed by atoms with Crippen molar-refractivity contribution in [3.05, 3.63) is 96.8 Å². The molecule has 13 atom stereocenters. The van der Waals surface area contributed by atoms with Gasteiger partial charge in [0, 0.05) is 125 Å². The van der Waals surface area contributed by atoms with Gasteiger partial charge in [0.05, 0.1) is 11.0 Å². The number of amides is 10. The molecule has 12 heterocycles. The lowest BCUT2D eigenvalue weighted by molar-refractivity contribution is -0.401. The van der Waals surface area contributed by atoms with Crippen molar-refractivity contribution < 1.29 is 79.9 Å². The Hall–Kier alpha value is -7.28. The molecule has 28 nitrogen and oxygen atoms in total. The average Bonchev–Trinajstić information content (AvgIpc) is 1.59. The number of benzene rings is 2. The van der Waals surface area contributed by atoms with Gasteiger partial charge in [-0.1, -0.05) is 43.2 Å². The van der Waals surface area contributed by atoms with E-state index in [4.69, 9.17) is 0 Å². The Morgan fingerprint density at radius 3 is 1.24 bits per heavy atom. The molecular weight excluding hydrogens is 1790 g/mol. The number of likely N-dealkylation sites (tertiary alicyclic amines) is 10. The summed E-state index contributed by atoms with van der Waals surface area (Å²) in [6.45, 7) is 10.2. The molecule has 12 aliphatic heterocycles. The molecule has 644 valence electrons. The average molecular weight is 1900 g/mol. The zero-order valence-electron chi connectivity index (χ0n) is 68.8. The van der Waals surface area contributed by atoms with E-state index in [0.29, 0.717) is 213 Å². The lowest BCUT2D eigenvalue weighted by atomic mass is 9.77. The number of unbranched alkanes of at least 4 members (excludes halogenated alkanes) is 3. The molecule has 13 unspecified atom stereocenters. The van der Waals surface area contributed by atoms with E-state index in [1.807, 2.05) is 36.4 Å². The van der Waals surface area contributed by atoms with Crippen molar-refractivity contribution in [3.63, 3.8) is 0 Å². The number of allylic oxidation sites excluding steroid dienone is 8. The van der Waals surface area contributed by atoms with Gasteiger partial charge in [0.25, 0.3) is 0 Å². The predicted octanol–water partition coefficient (Wildman–Crippen LogP) is 8.42. The van der Waals surface area contributed by atoms with Crippen LogP contribution in [0.15, 0.2) is 83.5 Å². The van der Waals surface area contributed by atoms with Gasteiger partial charge in [0.1, 0.15) is 67.5 Å². The molecule has 2 aromatic carbocycles. The Labute approximate surface area is 729 Å². The number of carbonyl (C=O) groups excluding carboxylic acids is 10. The summed E-state index contributed by atoms with van der Waals surface area (Å²) in [6.07, 6.45) is 27.3. The third kappa shape index (κ3) is 17.7. The van der Waals surface area contributed by atoms with Gasteiger partial charge in [0.2, 0.25) is 64.8 Å². The van der Waals surface area contributed by atoms with Crippen LogP contribution in [0.25, 0.3) is 0 Å². The first-order chi connectivity index (χ1) is 57.1. The lowest BCUT2D eigenvalue weighted by Crippen LogP contribution is -2.59. The summed E-state index contributed by atoms with van der Waals surface area (Å²) >= 11 is 0.345. The van der Waals surface area contributed by atoms with Crippen molar-refractivity contribution >= 4 is 149 Å². The summed E-state index contributed by atoms with van der Waals surface area (Å²) in [5, 5.41) is 9.83. The molecule has 10 saturated heterocycles. The Morgan fingerprint density at radius 2 is 0.849 bits per heavy atom. The number of hydrogen-bond acceptors (Lipinski definition) is 15. The Balaban J connectivity index is 0.573. The maximum absolute atomic E-state index is 15.0. The summed E-state index contributed by atoms with van der Waals surface area (Å²) in [4.78, 5) is 177. The van der Waals surface area contributed by atoms with Gasteiger partial charge in [-0.25, -0.2) is 9.00 Å². The van der Waals surface area contributed by atoms with E-state index in [0.717, 1.165) is 16.9 Å². The van der Waals surface area contributed by atoms with Crippen LogP contribution in [0.5, 0.6) is 0 Å². The molecule has 10 amide bonds. The topological polar surface area (TPSA) is 324 Å². The molecule has 10 fully saturated rings. The molecule has 0 bridgehead atoms. The summed E-state index contributed by atoms with van der Waals surface area (Å²) in [6, 6.07) is 1.04. The number of carbonyl (C=O) groups is 11. The van der Waals surface area contributed by atoms with Gasteiger partial charge >= 0.3 is 5.97 Å². The maximum atomic E-state index is 15.0. The third-order valence-corrected chi connectivity index (χ3v) is 30.4. The normalized spacial score (nSPS) is 28.3. The van der Waals surface area contributed by atoms with E-state index in [-0.39, 0.29) is 108 Å². The van der Waals surface area contributed by atoms with E-state index < -0.39 is 94.0 Å². The molecule has 32 heteroatoms. The highest BCUT2D eigenvalue weighted by atomic mass is 127. The number of fused-ring (bicyclic) bond motifs is 2. The Kier molecular flexibility index (Phi) is 28.0. The van der Waals surface area contributed by atoms with Crippen molar-refractivity contribution in [3.8, 4) is 0 Å². The quantitative estimate of drug-likeness (QED) is 0.0293. The molecule has 12 aliphatic rings. The van der Waals surface area contributed by atoms with Crippen LogP contribution >= 0.6 is 45.2 Å². The fourth-order valence-electron chi connectivity index (χ4n) is 21.8. The number of nitrogens with zero attached hydrogens (tertiary/aromatic N) is 12. The third-order valence-electron chi connectivity index (χ3n) is 27.6. The van der Waals surface area contributed by atoms with E-state index in [1.54, 1.807) is 51.3 Å². The number of carboxylic acids is 1. The number of aliphatic carboxylic acids is 1. The number of hydrogen-bond donors (Lipinski definition) is 2. The van der Waals surface area contributed by atoms with Crippen LogP contribution in [0.4, 0.5) is 11.4 Å². The van der Waals surface area contributed by atoms with Gasteiger partial charge in [-0.15, -0.1) is 0 Å². The molecule has 119 heavy (non-hydrogen) atoms. The SMILES string of the molecule is C[N+]1=C(C=CC=CC=CC=C2N(CCCCCC(=O)N3CCCC3C(=O)N3CCCC3C(=O)N3CCCC3C(=O)N3CCCC3C(=O)N3CCCC3C(=O)N3CCCC3C(=O)N3CCCC3C(=O)N3CCCC3C(=O)N3CCCC3C(=O)N3CCCC3C(=O)O)c3ccc(S(=O)[O-])cc3C2(C)CCCCS(=O)O)C(C)(C)c2c(I)cc(I)cc21. The smallest absolute Gasteiger partial charge is 0.326 e. The first-order valence-corrected chi connectivity index (χ1v) is 47.8. The van der Waals surface area contributed by atoms with E-state index in [2.05, 4.69) is 107 Å². The maximum Gasteiger partial charge on any atom is 0.326 e. The Bertz CT molecular complexity index is 4550. The van der Waals surface area contributed by atoms with Crippen molar-refractivity contribution in [1.82, 2.24) is 49.0 Å². The minimum absolute atomic E-state index is 0.123. The van der Waals surface area contributed by atoms with E-state index in [1.165, 1.54) is 33.9 Å². The molecule has 2 N–H and O–H groups in total. The summed E-state index contributed by atoms with van der Waals surface area (Å²) in [5.41, 5.74) is 5.52. The fourth-order valence-corrected chi connectivity index (χ4v) is 25.1. The van der Waals surface area contributed by atoms with Crippen molar-refractivity contribution in [1.29, 1.82) is 0 Å². The van der Waals surface area contributed by atoms with Crippen LogP contribution in [0.3, 0.4) is 0 Å². The molecule has 0 spiro atoms. The van der Waals surface area contributed by atoms with Crippen LogP contribution in [0.2, 0.25) is 0 Å². The van der Waals surface area contributed by atoms with Crippen molar-refractivity contribution in [2.75, 3.05) is 89.7 Å². The van der Waals surface area contributed by atoms with Gasteiger partial charge in [0.15, 0.2) is 16.8 Å². The predicted molar refractivity (Wildman–Crippen MR) is 463 cm³/mol. The van der Waals surface area contributed by atoms with Crippen LogP contribution in [0.1, 0.15) is 205 Å². The number of carboxylic acid groups (broad SMARTS) is 1. The molecule has 0 saturated carbocycles. The number of rotatable bonds is 26. The zero-order valence-corrected chi connectivity index (χ0v) is 74.8. The summed E-state index contributed by atoms with van der Waals surface area (Å²) in [7, 11) is 2.10. The fraction of sp³-hybridized carbons (Fsp3) is 0.632. The molecule has 14 rings (SSSR count). The van der Waals surface area contributed by atoms with Crippen LogP contribution < -0.4 is 4.90 Å². The van der Waals surface area contributed by atoms with Gasteiger partial charge in [-0.3, -0.25) is 52.2 Å². The molecular formula is C87H114I2N12O16S2. The molecule has 0 aromatic heterocycles. The zero-order chi connectivity index (χ0) is 84.5. The van der Waals surface area contributed by atoms with Crippen LogP contribution in [-0.2, 0) is 85.7 Å². The summed E-state index contributed by atoms with van der Waals surface area (Å²) in [5.74, 6) is -4.20. The highest BCUT2D eigenvalue weighted by molar-refractivity contribution is 14.1. The second-order valence-corrected chi connectivity index (χ2v) is 39.4. The standard InChI is InChI=1S/C87H114I2N12O16S2/c1-86(2)72(90(4)71-54-56(88)53-59(89)75(71)86)35-9-6-5-7-10-36-73-87(3,40-12-14-52-118(114)115)58-55-57(119(116)117)38-39-60(58)91(73)41-13-8-11-37-74(102)92-42-15-25-61(92)76(103)93-43-16-26-62(93)77(104)94-44-17-27-63(94)78(105)95-45-18-28-64(95)79(106)96-46-19-29-65(96)80(107)97-47-20-30-66(97)81(108)98-48-21-31-67(98)82(109)99-49-22-32-68(99)83(110)100-50-23-33-69(100)84(111)101-51-24-34-70(101)85(112)113/h5-7,9-10,35-36,38-39,53-55,61-70H,8,11-34,37,40-52H2,1-4H3,(H2-,112,113,114,115,116,117). The second kappa shape index (κ2) is 37.8. The number of halogens is 2. The van der Waals surface area contributed by atoms with Crippen molar-refractivity contribution in [2.45, 2.75) is 270 Å². The largest absolute Gasteiger partial charge is 0.768 e. The highest BCUT2D eigenvalue weighted by Gasteiger charge is 2.54. The summed E-state index contributed by atoms with van der Waals surface area (Å²) < 4.78 is 51.1. The van der Waals surface area contributed by atoms with Gasteiger partial charge < -0.3 is 68.1 Å². The first kappa shape index (κ1) is 88.0. The lowest BCUT2D eigenvalue weighted by Gasteiger charge is -2.37. The first-order valence-electron chi connectivity index (χ1n) is 43.3. The van der Waals surface area contributed by atoms with E-state index >= 15 is 9.59 Å². The van der Waals surface area contributed by atoms with Gasteiger partial charge in [-0.05, 0) is 267 Å². The second-order valence-electron chi connectivity index (χ2n) is 35.0. The molecule has 0 radical (unpaired) electrons. The Morgan fingerprint density at radius 1 is 0.479 bits per heavy atom. The van der Waals surface area contributed by atoms with Crippen LogP contribution in [-0.4, -0.2) is 292 Å². The monoisotopic (exact) mass is 1900 g/mol. The molecule has 0 aliphatic carbocycles. The van der Waals surface area contributed by atoms with E-state index in [9.17, 15) is 65.8 Å². The van der Waals surface area contributed by atoms with Gasteiger partial charge in [-0.2, -0.15) is 4.58 Å². The van der Waals surface area contributed by atoms with Crippen molar-refractivity contribution in [2.24, 2.45) is 0 Å².